The summed E-state index contributed by atoms with van der Waals surface area (Å²) >= 11 is 1.28. The molecule has 1 atom stereocenters. The molecule has 204 valence electrons. The van der Waals surface area contributed by atoms with Crippen LogP contribution in [0.4, 0.5) is 0 Å². The van der Waals surface area contributed by atoms with Crippen LogP contribution in [0.15, 0.2) is 53.7 Å². The number of rotatable bonds is 7. The molecule has 3 heterocycles. The summed E-state index contributed by atoms with van der Waals surface area (Å²) in [6.45, 7) is 10.5. The largest absolute Gasteiger partial charge is 0.466 e. The van der Waals surface area contributed by atoms with Crippen molar-refractivity contribution in [2.24, 2.45) is 5.92 Å². The molecule has 0 saturated carbocycles. The van der Waals surface area contributed by atoms with Gasteiger partial charge in [0.15, 0.2) is 5.65 Å². The van der Waals surface area contributed by atoms with Crippen molar-refractivity contribution in [1.29, 1.82) is 0 Å². The summed E-state index contributed by atoms with van der Waals surface area (Å²) in [5.74, 6) is -0.314. The minimum absolute atomic E-state index is 0.0304. The maximum absolute atomic E-state index is 13.0. The average molecular weight is 546 g/mol. The van der Waals surface area contributed by atoms with E-state index in [0.717, 1.165) is 34.9 Å². The van der Waals surface area contributed by atoms with Crippen molar-refractivity contribution in [1.82, 2.24) is 24.6 Å². The van der Waals surface area contributed by atoms with Gasteiger partial charge in [-0.3, -0.25) is 9.59 Å². The molecule has 5 rings (SSSR count). The van der Waals surface area contributed by atoms with Crippen LogP contribution in [0.5, 0.6) is 0 Å². The number of likely N-dealkylation sites (tertiary alicyclic amines) is 1. The van der Waals surface area contributed by atoms with Gasteiger partial charge in [-0.15, -0.1) is 10.2 Å². The van der Waals surface area contributed by atoms with E-state index in [1.807, 2.05) is 18.2 Å². The predicted octanol–water partition coefficient (Wildman–Crippen LogP) is 5.22. The Kier molecular flexibility index (Phi) is 7.88. The third-order valence-electron chi connectivity index (χ3n) is 7.23. The SMILES string of the molecule is CCOC(=O)C1CCCN(C(=O)CSc2nnc3c4ccccc4n(Cc4ccc(C(C)(C)C)cc4)c3n2)C1. The quantitative estimate of drug-likeness (QED) is 0.232. The molecule has 39 heavy (non-hydrogen) atoms. The minimum atomic E-state index is -0.255. The summed E-state index contributed by atoms with van der Waals surface area (Å²) in [7, 11) is 0. The van der Waals surface area contributed by atoms with E-state index in [9.17, 15) is 9.59 Å². The molecule has 1 unspecified atom stereocenters. The molecule has 0 aliphatic carbocycles. The van der Waals surface area contributed by atoms with Crippen LogP contribution in [-0.4, -0.2) is 62.0 Å². The number of benzene rings is 2. The van der Waals surface area contributed by atoms with Crippen molar-refractivity contribution in [3.8, 4) is 0 Å². The number of hydrogen-bond donors (Lipinski definition) is 0. The maximum atomic E-state index is 13.0. The zero-order valence-corrected chi connectivity index (χ0v) is 23.8. The van der Waals surface area contributed by atoms with Crippen molar-refractivity contribution < 1.29 is 14.3 Å². The number of carbonyl (C=O) groups excluding carboxylic acids is 2. The Bertz CT molecular complexity index is 1490. The second-order valence-corrected chi connectivity index (χ2v) is 12.0. The van der Waals surface area contributed by atoms with Crippen LogP contribution in [0, 0.1) is 5.92 Å². The molecule has 1 fully saturated rings. The van der Waals surface area contributed by atoms with Gasteiger partial charge in [0.05, 0.1) is 23.8 Å². The first-order valence-corrected chi connectivity index (χ1v) is 14.5. The van der Waals surface area contributed by atoms with E-state index in [1.165, 1.54) is 22.9 Å². The molecule has 0 N–H and O–H groups in total. The smallest absolute Gasteiger partial charge is 0.310 e. The maximum Gasteiger partial charge on any atom is 0.310 e. The van der Waals surface area contributed by atoms with E-state index in [0.29, 0.717) is 31.4 Å². The first kappa shape index (κ1) is 27.1. The zero-order chi connectivity index (χ0) is 27.6. The minimum Gasteiger partial charge on any atom is -0.466 e. The first-order valence-electron chi connectivity index (χ1n) is 13.5. The molecule has 0 spiro atoms. The fraction of sp³-hybridized carbons (Fsp3) is 0.433. The first-order chi connectivity index (χ1) is 18.7. The third kappa shape index (κ3) is 5.93. The number of nitrogens with zero attached hydrogens (tertiary/aromatic N) is 5. The van der Waals surface area contributed by atoms with E-state index in [2.05, 4.69) is 65.9 Å². The van der Waals surface area contributed by atoms with Crippen molar-refractivity contribution in [3.63, 3.8) is 0 Å². The van der Waals surface area contributed by atoms with Crippen molar-refractivity contribution in [2.75, 3.05) is 25.4 Å². The molecule has 0 bridgehead atoms. The highest BCUT2D eigenvalue weighted by molar-refractivity contribution is 7.99. The normalized spacial score (nSPS) is 16.1. The molecule has 8 nitrogen and oxygen atoms in total. The van der Waals surface area contributed by atoms with Gasteiger partial charge in [-0.2, -0.15) is 0 Å². The number of amides is 1. The van der Waals surface area contributed by atoms with Gasteiger partial charge in [0.1, 0.15) is 5.52 Å². The highest BCUT2D eigenvalue weighted by Gasteiger charge is 2.29. The van der Waals surface area contributed by atoms with Crippen molar-refractivity contribution in [2.45, 2.75) is 57.7 Å². The molecule has 0 radical (unpaired) electrons. The van der Waals surface area contributed by atoms with E-state index < -0.39 is 0 Å². The number of esters is 1. The number of hydrogen-bond acceptors (Lipinski definition) is 7. The molecule has 1 aliphatic heterocycles. The Morgan fingerprint density at radius 3 is 2.59 bits per heavy atom. The summed E-state index contributed by atoms with van der Waals surface area (Å²) in [6, 6.07) is 16.9. The lowest BCUT2D eigenvalue weighted by atomic mass is 9.87. The van der Waals surface area contributed by atoms with Crippen LogP contribution < -0.4 is 0 Å². The molecular weight excluding hydrogens is 510 g/mol. The summed E-state index contributed by atoms with van der Waals surface area (Å²) in [5.41, 5.74) is 5.12. The lowest BCUT2D eigenvalue weighted by Gasteiger charge is -2.31. The topological polar surface area (TPSA) is 90.2 Å². The van der Waals surface area contributed by atoms with Crippen molar-refractivity contribution >= 4 is 45.7 Å². The van der Waals surface area contributed by atoms with Crippen LogP contribution in [0.25, 0.3) is 22.1 Å². The summed E-state index contributed by atoms with van der Waals surface area (Å²) in [6.07, 6.45) is 1.55. The highest BCUT2D eigenvalue weighted by Crippen LogP contribution is 2.29. The molecule has 1 aliphatic rings. The lowest BCUT2D eigenvalue weighted by molar-refractivity contribution is -0.151. The third-order valence-corrected chi connectivity index (χ3v) is 8.06. The summed E-state index contributed by atoms with van der Waals surface area (Å²) in [4.78, 5) is 31.8. The molecular formula is C30H35N5O3S. The van der Waals surface area contributed by atoms with Crippen LogP contribution >= 0.6 is 11.8 Å². The number of para-hydroxylation sites is 1. The van der Waals surface area contributed by atoms with Gasteiger partial charge in [0.25, 0.3) is 0 Å². The Morgan fingerprint density at radius 1 is 1.08 bits per heavy atom. The molecule has 1 amide bonds. The second kappa shape index (κ2) is 11.3. The Morgan fingerprint density at radius 2 is 1.85 bits per heavy atom. The Hall–Kier alpha value is -3.46. The van der Waals surface area contributed by atoms with Gasteiger partial charge in [-0.05, 0) is 42.4 Å². The van der Waals surface area contributed by atoms with E-state index in [4.69, 9.17) is 9.72 Å². The monoisotopic (exact) mass is 545 g/mol. The van der Waals surface area contributed by atoms with Crippen LogP contribution in [0.1, 0.15) is 51.7 Å². The molecule has 9 heteroatoms. The fourth-order valence-electron chi connectivity index (χ4n) is 5.08. The van der Waals surface area contributed by atoms with Gasteiger partial charge in [-0.1, -0.05) is 75.0 Å². The Labute approximate surface area is 233 Å². The van der Waals surface area contributed by atoms with Crippen LogP contribution in [0.2, 0.25) is 0 Å². The molecule has 2 aromatic heterocycles. The van der Waals surface area contributed by atoms with E-state index in [1.54, 1.807) is 11.8 Å². The fourth-order valence-corrected chi connectivity index (χ4v) is 5.76. The number of aromatic nitrogens is 4. The average Bonchev–Trinajstić information content (AvgIpc) is 3.24. The second-order valence-electron chi connectivity index (χ2n) is 11.0. The van der Waals surface area contributed by atoms with E-state index >= 15 is 0 Å². The van der Waals surface area contributed by atoms with Gasteiger partial charge in [0, 0.05) is 25.0 Å². The van der Waals surface area contributed by atoms with Crippen molar-refractivity contribution in [3.05, 3.63) is 59.7 Å². The van der Waals surface area contributed by atoms with Gasteiger partial charge in [0.2, 0.25) is 11.1 Å². The van der Waals surface area contributed by atoms with Gasteiger partial charge >= 0.3 is 5.97 Å². The zero-order valence-electron chi connectivity index (χ0n) is 23.0. The summed E-state index contributed by atoms with van der Waals surface area (Å²) in [5, 5.41) is 10.3. The van der Waals surface area contributed by atoms with Crippen LogP contribution in [0.3, 0.4) is 0 Å². The lowest BCUT2D eigenvalue weighted by Crippen LogP contribution is -2.43. The van der Waals surface area contributed by atoms with Crippen LogP contribution in [-0.2, 0) is 26.3 Å². The van der Waals surface area contributed by atoms with Gasteiger partial charge in [-0.25, -0.2) is 4.98 Å². The molecule has 2 aromatic carbocycles. The standard InChI is InChI=1S/C30H35N5O3S/c1-5-38-28(37)21-9-8-16-34(18-21)25(36)19-39-29-31-27-26(32-33-29)23-10-6-7-11-24(23)35(27)17-20-12-14-22(15-13-20)30(2,3)4/h6-7,10-15,21H,5,8-9,16-19H2,1-4H3. The highest BCUT2D eigenvalue weighted by atomic mass is 32.2. The number of piperidine rings is 1. The number of thioether (sulfide) groups is 1. The molecule has 1 saturated heterocycles. The number of carbonyl (C=O) groups is 2. The Balaban J connectivity index is 1.36. The molecule has 4 aromatic rings. The number of fused-ring (bicyclic) bond motifs is 3. The summed E-state index contributed by atoms with van der Waals surface area (Å²) < 4.78 is 7.34. The van der Waals surface area contributed by atoms with Gasteiger partial charge < -0.3 is 14.2 Å². The predicted molar refractivity (Wildman–Crippen MR) is 154 cm³/mol. The van der Waals surface area contributed by atoms with E-state index in [-0.39, 0.29) is 29.0 Å². The number of ether oxygens (including phenoxy) is 1.